The quantitative estimate of drug-likeness (QED) is 0.0263. The van der Waals surface area contributed by atoms with Crippen LogP contribution in [0.5, 0.6) is 0 Å². The third-order valence-electron chi connectivity index (χ3n) is 10.8. The number of ether oxygens (including phenoxy) is 3. The van der Waals surface area contributed by atoms with Crippen molar-refractivity contribution in [3.63, 3.8) is 0 Å². The zero-order valence-corrected chi connectivity index (χ0v) is 39.5. The lowest BCUT2D eigenvalue weighted by atomic mass is 10.1. The van der Waals surface area contributed by atoms with Gasteiger partial charge in [0, 0.05) is 19.3 Å². The van der Waals surface area contributed by atoms with Crippen LogP contribution in [-0.2, 0) is 28.6 Å². The number of allylic oxidation sites excluding steroid dienone is 10. The van der Waals surface area contributed by atoms with Gasteiger partial charge in [-0.3, -0.25) is 14.4 Å². The summed E-state index contributed by atoms with van der Waals surface area (Å²) in [4.78, 5) is 37.7. The fourth-order valence-electron chi connectivity index (χ4n) is 7.00. The van der Waals surface area contributed by atoms with E-state index in [0.717, 1.165) is 96.3 Å². The van der Waals surface area contributed by atoms with Crippen LogP contribution in [0.2, 0.25) is 0 Å². The van der Waals surface area contributed by atoms with E-state index in [2.05, 4.69) is 81.5 Å². The summed E-state index contributed by atoms with van der Waals surface area (Å²) >= 11 is 0. The number of hydrogen-bond acceptors (Lipinski definition) is 6. The van der Waals surface area contributed by atoms with Gasteiger partial charge in [-0.25, -0.2) is 0 Å². The average molecular weight is 839 g/mol. The van der Waals surface area contributed by atoms with Crippen molar-refractivity contribution in [1.82, 2.24) is 0 Å². The summed E-state index contributed by atoms with van der Waals surface area (Å²) in [6, 6.07) is 0. The second-order valence-corrected chi connectivity index (χ2v) is 16.7. The highest BCUT2D eigenvalue weighted by Gasteiger charge is 2.19. The molecule has 0 N–H and O–H groups in total. The molecule has 0 heterocycles. The first-order valence-electron chi connectivity index (χ1n) is 25.3. The van der Waals surface area contributed by atoms with E-state index in [1.165, 1.54) is 109 Å². The van der Waals surface area contributed by atoms with Crippen LogP contribution >= 0.6 is 0 Å². The van der Waals surface area contributed by atoms with E-state index in [9.17, 15) is 14.4 Å². The summed E-state index contributed by atoms with van der Waals surface area (Å²) in [5.74, 6) is -0.885. The molecule has 0 bridgehead atoms. The molecule has 346 valence electrons. The first-order valence-corrected chi connectivity index (χ1v) is 25.3. The maximum absolute atomic E-state index is 12.7. The maximum Gasteiger partial charge on any atom is 0.306 e. The molecule has 60 heavy (non-hydrogen) atoms. The second-order valence-electron chi connectivity index (χ2n) is 16.7. The third-order valence-corrected chi connectivity index (χ3v) is 10.8. The van der Waals surface area contributed by atoms with Crippen molar-refractivity contribution in [1.29, 1.82) is 0 Å². The van der Waals surface area contributed by atoms with Gasteiger partial charge < -0.3 is 14.2 Å². The molecule has 1 unspecified atom stereocenters. The van der Waals surface area contributed by atoms with Gasteiger partial charge in [0.1, 0.15) is 13.2 Å². The highest BCUT2D eigenvalue weighted by Crippen LogP contribution is 2.15. The van der Waals surface area contributed by atoms with Gasteiger partial charge >= 0.3 is 17.9 Å². The molecule has 0 amide bonds. The van der Waals surface area contributed by atoms with Gasteiger partial charge in [-0.1, -0.05) is 223 Å². The molecule has 0 aromatic heterocycles. The monoisotopic (exact) mass is 839 g/mol. The highest BCUT2D eigenvalue weighted by molar-refractivity contribution is 5.71. The lowest BCUT2D eigenvalue weighted by molar-refractivity contribution is -0.167. The predicted octanol–water partition coefficient (Wildman–Crippen LogP) is 16.5. The Bertz CT molecular complexity index is 1100. The third kappa shape index (κ3) is 46.2. The van der Waals surface area contributed by atoms with Gasteiger partial charge in [-0.2, -0.15) is 0 Å². The van der Waals surface area contributed by atoms with Crippen molar-refractivity contribution >= 4 is 17.9 Å². The Morgan fingerprint density at radius 2 is 0.650 bits per heavy atom. The van der Waals surface area contributed by atoms with Crippen LogP contribution in [-0.4, -0.2) is 37.2 Å². The van der Waals surface area contributed by atoms with Gasteiger partial charge in [-0.15, -0.1) is 0 Å². The Kier molecular flexibility index (Phi) is 46.4. The standard InChI is InChI=1S/C54H94O6/c1-4-7-10-13-16-18-20-21-22-23-24-25-26-27-28-29-30-31-32-33-34-36-38-41-44-47-53(56)59-50-51(49-58-52(55)46-43-40-37-15-12-9-6-3)60-54(57)48-45-42-39-35-19-17-14-11-8-5-2/h7,10,16,18,21-22,24-25,27-28,51H,4-6,8-9,11-15,17,19-20,23,26,29-50H2,1-3H3/b10-7-,18-16-,22-21-,25-24-,28-27-. The molecule has 1 atom stereocenters. The number of unbranched alkanes of at least 4 members (excludes halogenated alkanes) is 24. The molecule has 0 saturated heterocycles. The molecular formula is C54H94O6. The van der Waals surface area contributed by atoms with Gasteiger partial charge in [0.15, 0.2) is 6.10 Å². The molecule has 0 aromatic carbocycles. The van der Waals surface area contributed by atoms with Crippen LogP contribution < -0.4 is 0 Å². The molecule has 0 aromatic rings. The number of esters is 3. The molecule has 0 saturated carbocycles. The van der Waals surface area contributed by atoms with Crippen molar-refractivity contribution < 1.29 is 28.6 Å². The Hall–Kier alpha value is -2.89. The number of rotatable bonds is 45. The van der Waals surface area contributed by atoms with Crippen molar-refractivity contribution in [2.45, 2.75) is 252 Å². The molecule has 6 nitrogen and oxygen atoms in total. The Labute approximate surface area is 370 Å². The van der Waals surface area contributed by atoms with E-state index in [1.54, 1.807) is 0 Å². The summed E-state index contributed by atoms with van der Waals surface area (Å²) in [6.07, 6.45) is 59.4. The van der Waals surface area contributed by atoms with E-state index < -0.39 is 6.10 Å². The van der Waals surface area contributed by atoms with Crippen molar-refractivity contribution in [2.24, 2.45) is 0 Å². The van der Waals surface area contributed by atoms with Crippen LogP contribution in [0.4, 0.5) is 0 Å². The lowest BCUT2D eigenvalue weighted by Crippen LogP contribution is -2.30. The Morgan fingerprint density at radius 1 is 0.350 bits per heavy atom. The molecule has 0 rings (SSSR count). The van der Waals surface area contributed by atoms with Crippen molar-refractivity contribution in [2.75, 3.05) is 13.2 Å². The van der Waals surface area contributed by atoms with Crippen molar-refractivity contribution in [3.05, 3.63) is 60.8 Å². The molecule has 0 aliphatic carbocycles. The zero-order valence-electron chi connectivity index (χ0n) is 39.5. The highest BCUT2D eigenvalue weighted by atomic mass is 16.6. The topological polar surface area (TPSA) is 78.9 Å². The first kappa shape index (κ1) is 57.1. The second kappa shape index (κ2) is 48.8. The number of carbonyl (C=O) groups excluding carboxylic acids is 3. The normalized spacial score (nSPS) is 12.5. The van der Waals surface area contributed by atoms with E-state index in [1.807, 2.05) is 0 Å². The van der Waals surface area contributed by atoms with Gasteiger partial charge in [0.25, 0.3) is 0 Å². The SMILES string of the molecule is CC/C=C\C/C=C\C/C=C\C/C=C\C/C=C\CCCCCCCCCCCC(=O)OCC(COC(=O)CCCCCCCCC)OC(=O)CCCCCCCCCCCC. The molecule has 0 aliphatic heterocycles. The minimum absolute atomic E-state index is 0.0736. The summed E-state index contributed by atoms with van der Waals surface area (Å²) in [5.41, 5.74) is 0. The summed E-state index contributed by atoms with van der Waals surface area (Å²) in [6.45, 7) is 6.46. The molecule has 0 spiro atoms. The minimum atomic E-state index is -0.769. The van der Waals surface area contributed by atoms with E-state index >= 15 is 0 Å². The predicted molar refractivity (Wildman–Crippen MR) is 256 cm³/mol. The minimum Gasteiger partial charge on any atom is -0.462 e. The smallest absolute Gasteiger partial charge is 0.306 e. The van der Waals surface area contributed by atoms with Crippen LogP contribution in [0, 0.1) is 0 Å². The molecule has 0 aliphatic rings. The maximum atomic E-state index is 12.7. The Morgan fingerprint density at radius 3 is 1.02 bits per heavy atom. The summed E-state index contributed by atoms with van der Waals surface area (Å²) < 4.78 is 16.7. The van der Waals surface area contributed by atoms with Crippen LogP contribution in [0.3, 0.4) is 0 Å². The van der Waals surface area contributed by atoms with Crippen LogP contribution in [0.25, 0.3) is 0 Å². The van der Waals surface area contributed by atoms with Gasteiger partial charge in [0.05, 0.1) is 0 Å². The van der Waals surface area contributed by atoms with E-state index in [0.29, 0.717) is 19.3 Å². The lowest BCUT2D eigenvalue weighted by Gasteiger charge is -2.18. The van der Waals surface area contributed by atoms with Crippen molar-refractivity contribution in [3.8, 4) is 0 Å². The molecular weight excluding hydrogens is 745 g/mol. The number of hydrogen-bond donors (Lipinski definition) is 0. The Balaban J connectivity index is 4.14. The fourth-order valence-corrected chi connectivity index (χ4v) is 7.00. The molecule has 0 fully saturated rings. The largest absolute Gasteiger partial charge is 0.462 e. The average Bonchev–Trinajstić information content (AvgIpc) is 3.24. The van der Waals surface area contributed by atoms with E-state index in [-0.39, 0.29) is 31.1 Å². The number of carbonyl (C=O) groups is 3. The van der Waals surface area contributed by atoms with Gasteiger partial charge in [0.2, 0.25) is 0 Å². The fraction of sp³-hybridized carbons (Fsp3) is 0.759. The van der Waals surface area contributed by atoms with Crippen LogP contribution in [0.15, 0.2) is 60.8 Å². The van der Waals surface area contributed by atoms with E-state index in [4.69, 9.17) is 14.2 Å². The molecule has 6 heteroatoms. The summed E-state index contributed by atoms with van der Waals surface area (Å²) in [7, 11) is 0. The first-order chi connectivity index (χ1) is 29.5. The van der Waals surface area contributed by atoms with Crippen LogP contribution in [0.1, 0.15) is 245 Å². The zero-order chi connectivity index (χ0) is 43.7. The molecule has 0 radical (unpaired) electrons. The summed E-state index contributed by atoms with van der Waals surface area (Å²) in [5, 5.41) is 0. The van der Waals surface area contributed by atoms with Gasteiger partial charge in [-0.05, 0) is 64.2 Å².